The lowest BCUT2D eigenvalue weighted by molar-refractivity contribution is 0.0159. The summed E-state index contributed by atoms with van der Waals surface area (Å²) >= 11 is 0. The van der Waals surface area contributed by atoms with E-state index in [9.17, 15) is 19.8 Å². The maximum Gasteiger partial charge on any atom is 0.338 e. The number of cyclic esters (lactones) is 2. The van der Waals surface area contributed by atoms with Crippen LogP contribution in [0.3, 0.4) is 0 Å². The number of carbonyl (C=O) groups excluding carboxylic acids is 2. The zero-order chi connectivity index (χ0) is 25.6. The first-order chi connectivity index (χ1) is 17.2. The lowest BCUT2D eigenvalue weighted by Gasteiger charge is -2.33. The number of ether oxygens (including phenoxy) is 2. The molecule has 1 saturated heterocycles. The number of aliphatic hydroxyl groups excluding tert-OH is 1. The van der Waals surface area contributed by atoms with Gasteiger partial charge in [-0.2, -0.15) is 0 Å². The molecule has 0 radical (unpaired) electrons. The Morgan fingerprint density at radius 3 is 2.17 bits per heavy atom. The van der Waals surface area contributed by atoms with Gasteiger partial charge in [0.2, 0.25) is 0 Å². The van der Waals surface area contributed by atoms with Crippen LogP contribution in [0.5, 0.6) is 0 Å². The summed E-state index contributed by atoms with van der Waals surface area (Å²) in [6.07, 6.45) is 0.277. The SMILES string of the molecule is Cc1c(C(O)CN2CCCN(CC(C)(O)c3ccc4c(c3C)COC4=O)CC2)ccc2c1COC2=O. The maximum absolute atomic E-state index is 11.9. The van der Waals surface area contributed by atoms with Crippen LogP contribution in [0.2, 0.25) is 0 Å². The first-order valence-electron chi connectivity index (χ1n) is 12.6. The quantitative estimate of drug-likeness (QED) is 0.592. The molecule has 8 heteroatoms. The predicted molar refractivity (Wildman–Crippen MR) is 133 cm³/mol. The van der Waals surface area contributed by atoms with E-state index in [1.807, 2.05) is 32.9 Å². The monoisotopic (exact) mass is 494 g/mol. The molecule has 0 spiro atoms. The Morgan fingerprint density at radius 2 is 1.47 bits per heavy atom. The second-order valence-electron chi connectivity index (χ2n) is 10.4. The summed E-state index contributed by atoms with van der Waals surface area (Å²) in [5.41, 5.74) is 5.37. The molecule has 0 amide bonds. The van der Waals surface area contributed by atoms with Crippen LogP contribution in [0.4, 0.5) is 0 Å². The van der Waals surface area contributed by atoms with Crippen LogP contribution < -0.4 is 0 Å². The molecule has 3 aliphatic rings. The fourth-order valence-electron chi connectivity index (χ4n) is 5.89. The van der Waals surface area contributed by atoms with Crippen LogP contribution >= 0.6 is 0 Å². The highest BCUT2D eigenvalue weighted by Gasteiger charge is 2.33. The Balaban J connectivity index is 1.22. The van der Waals surface area contributed by atoms with E-state index in [-0.39, 0.29) is 25.2 Å². The van der Waals surface area contributed by atoms with Crippen molar-refractivity contribution in [2.75, 3.05) is 39.3 Å². The van der Waals surface area contributed by atoms with Gasteiger partial charge in [-0.15, -0.1) is 0 Å². The summed E-state index contributed by atoms with van der Waals surface area (Å²) in [4.78, 5) is 28.2. The van der Waals surface area contributed by atoms with E-state index >= 15 is 0 Å². The fraction of sp³-hybridized carbons (Fsp3) is 0.500. The smallest absolute Gasteiger partial charge is 0.338 e. The molecule has 2 aromatic rings. The van der Waals surface area contributed by atoms with E-state index in [0.717, 1.165) is 66.0 Å². The van der Waals surface area contributed by atoms with Gasteiger partial charge in [0.15, 0.2) is 0 Å². The third kappa shape index (κ3) is 4.54. The Kier molecular flexibility index (Phi) is 6.63. The van der Waals surface area contributed by atoms with E-state index in [1.54, 1.807) is 12.1 Å². The van der Waals surface area contributed by atoms with Crippen LogP contribution in [0.25, 0.3) is 0 Å². The molecular formula is C28H34N2O6. The molecule has 2 unspecified atom stereocenters. The number of esters is 2. The first-order valence-corrected chi connectivity index (χ1v) is 12.6. The molecule has 0 saturated carbocycles. The largest absolute Gasteiger partial charge is 0.457 e. The molecule has 3 aliphatic heterocycles. The van der Waals surface area contributed by atoms with E-state index < -0.39 is 11.7 Å². The van der Waals surface area contributed by atoms with Crippen molar-refractivity contribution >= 4 is 11.9 Å². The van der Waals surface area contributed by atoms with E-state index in [4.69, 9.17) is 9.47 Å². The first kappa shape index (κ1) is 24.9. The van der Waals surface area contributed by atoms with Gasteiger partial charge in [-0.1, -0.05) is 12.1 Å². The maximum atomic E-state index is 11.9. The van der Waals surface area contributed by atoms with Crippen molar-refractivity contribution in [2.24, 2.45) is 0 Å². The molecule has 0 aromatic heterocycles. The highest BCUT2D eigenvalue weighted by molar-refractivity contribution is 5.94. The molecule has 0 bridgehead atoms. The molecular weight excluding hydrogens is 460 g/mol. The highest BCUT2D eigenvalue weighted by atomic mass is 16.5. The summed E-state index contributed by atoms with van der Waals surface area (Å²) in [7, 11) is 0. The van der Waals surface area contributed by atoms with E-state index in [1.165, 1.54) is 0 Å². The average Bonchev–Trinajstić information content (AvgIpc) is 3.33. The van der Waals surface area contributed by atoms with Crippen LogP contribution in [0.15, 0.2) is 24.3 Å². The Bertz CT molecular complexity index is 1210. The summed E-state index contributed by atoms with van der Waals surface area (Å²) in [5, 5.41) is 22.5. The second-order valence-corrected chi connectivity index (χ2v) is 10.4. The van der Waals surface area contributed by atoms with Gasteiger partial charge >= 0.3 is 11.9 Å². The van der Waals surface area contributed by atoms with Gasteiger partial charge in [-0.05, 0) is 74.7 Å². The molecule has 192 valence electrons. The average molecular weight is 495 g/mol. The molecule has 2 N–H and O–H groups in total. The van der Waals surface area contributed by atoms with Gasteiger partial charge in [-0.3, -0.25) is 9.80 Å². The number of rotatable bonds is 6. The number of benzene rings is 2. The Labute approximate surface area is 211 Å². The van der Waals surface area contributed by atoms with Crippen molar-refractivity contribution in [3.63, 3.8) is 0 Å². The topological polar surface area (TPSA) is 99.5 Å². The third-order valence-electron chi connectivity index (χ3n) is 7.96. The van der Waals surface area contributed by atoms with Crippen molar-refractivity contribution in [3.05, 3.63) is 68.8 Å². The predicted octanol–water partition coefficient (Wildman–Crippen LogP) is 2.59. The van der Waals surface area contributed by atoms with Gasteiger partial charge in [0.05, 0.1) is 22.8 Å². The fourth-order valence-corrected chi connectivity index (χ4v) is 5.89. The standard InChI is InChI=1S/C28H34N2O6/c1-17-19(5-6-20-22(17)14-35-26(20)32)25(31)13-29-9-4-10-30(12-11-29)16-28(3,34)24-8-7-21-23(18(24)2)15-36-27(21)33/h5-8,25,31,34H,4,9-16H2,1-3H3. The number of aliphatic hydroxyl groups is 2. The van der Waals surface area contributed by atoms with Crippen molar-refractivity contribution in [3.8, 4) is 0 Å². The zero-order valence-electron chi connectivity index (χ0n) is 21.2. The molecule has 1 fully saturated rings. The van der Waals surface area contributed by atoms with Gasteiger partial charge < -0.3 is 19.7 Å². The number of fused-ring (bicyclic) bond motifs is 2. The molecule has 2 atom stereocenters. The summed E-state index contributed by atoms with van der Waals surface area (Å²) in [6, 6.07) is 7.20. The number of carbonyl (C=O) groups is 2. The highest BCUT2D eigenvalue weighted by Crippen LogP contribution is 2.33. The Morgan fingerprint density at radius 1 is 0.889 bits per heavy atom. The van der Waals surface area contributed by atoms with Gasteiger partial charge in [0, 0.05) is 37.3 Å². The molecule has 8 nitrogen and oxygen atoms in total. The minimum atomic E-state index is -1.07. The van der Waals surface area contributed by atoms with E-state index in [2.05, 4.69) is 9.80 Å². The number of nitrogens with zero attached hydrogens (tertiary/aromatic N) is 2. The zero-order valence-corrected chi connectivity index (χ0v) is 21.2. The van der Waals surface area contributed by atoms with Crippen LogP contribution in [0.1, 0.15) is 73.5 Å². The van der Waals surface area contributed by atoms with Crippen molar-refractivity contribution < 1.29 is 29.3 Å². The van der Waals surface area contributed by atoms with Crippen molar-refractivity contribution in [1.82, 2.24) is 9.80 Å². The number of hydrogen-bond acceptors (Lipinski definition) is 8. The van der Waals surface area contributed by atoms with Crippen LogP contribution in [0, 0.1) is 13.8 Å². The molecule has 2 aromatic carbocycles. The lowest BCUT2D eigenvalue weighted by Crippen LogP contribution is -2.41. The summed E-state index contributed by atoms with van der Waals surface area (Å²) < 4.78 is 10.3. The summed E-state index contributed by atoms with van der Waals surface area (Å²) in [5.74, 6) is -0.597. The van der Waals surface area contributed by atoms with E-state index in [0.29, 0.717) is 24.2 Å². The molecule has 5 rings (SSSR count). The van der Waals surface area contributed by atoms with Crippen molar-refractivity contribution in [2.45, 2.75) is 52.1 Å². The van der Waals surface area contributed by atoms with Crippen molar-refractivity contribution in [1.29, 1.82) is 0 Å². The van der Waals surface area contributed by atoms with Gasteiger partial charge in [-0.25, -0.2) is 9.59 Å². The minimum absolute atomic E-state index is 0.262. The van der Waals surface area contributed by atoms with Gasteiger partial charge in [0.25, 0.3) is 0 Å². The molecule has 3 heterocycles. The number of β-amino-alcohol motifs (C(OH)–C–C–N with tert-alkyl or cyclic N) is 2. The van der Waals surface area contributed by atoms with Gasteiger partial charge in [0.1, 0.15) is 13.2 Å². The minimum Gasteiger partial charge on any atom is -0.457 e. The molecule has 0 aliphatic carbocycles. The normalized spacial score (nSPS) is 20.8. The van der Waals surface area contributed by atoms with Crippen LogP contribution in [-0.4, -0.2) is 71.2 Å². The number of hydrogen-bond donors (Lipinski definition) is 2. The van der Waals surface area contributed by atoms with Crippen LogP contribution in [-0.2, 0) is 28.3 Å². The molecule has 36 heavy (non-hydrogen) atoms. The second kappa shape index (κ2) is 9.59. The lowest BCUT2D eigenvalue weighted by atomic mass is 9.87. The third-order valence-corrected chi connectivity index (χ3v) is 7.96. The summed E-state index contributed by atoms with van der Waals surface area (Å²) in [6.45, 7) is 10.5. The Hall–Kier alpha value is -2.78.